The molecule has 0 saturated carbocycles. The standard InChI is InChI=1S/C44H37N9O5S/c1-27-21-34(15-19-36(27)48-46-33-16-20-37(28(2)22-33)49-50-38-11-7-8-12-43(38)59(56,57)58)47-52-40-25-42(54)41(23-29(40)3)53-51-39-18-13-31-24-32(14-17-35(31)44(39)55)45-26-30-9-5-4-6-10-30/h4-25,45,54-55H,26H2,1-3H3,(H,56,57,58). The molecule has 0 fully saturated rings. The second kappa shape index (κ2) is 17.3. The van der Waals surface area contributed by atoms with Crippen LogP contribution in [0.2, 0.25) is 0 Å². The number of aryl methyl sites for hydroxylation is 3. The lowest BCUT2D eigenvalue weighted by molar-refractivity contribution is 0.475. The molecule has 7 aromatic rings. The molecule has 0 aromatic heterocycles. The van der Waals surface area contributed by atoms with E-state index in [0.29, 0.717) is 45.9 Å². The first-order chi connectivity index (χ1) is 28.4. The summed E-state index contributed by atoms with van der Waals surface area (Å²) in [6, 6.07) is 38.7. The summed E-state index contributed by atoms with van der Waals surface area (Å²) in [5.41, 5.74) is 7.49. The van der Waals surface area contributed by atoms with Crippen molar-refractivity contribution >= 4 is 72.1 Å². The molecular formula is C44H37N9O5S. The zero-order valence-electron chi connectivity index (χ0n) is 32.1. The van der Waals surface area contributed by atoms with Gasteiger partial charge in [0.2, 0.25) is 0 Å². The van der Waals surface area contributed by atoms with Crippen molar-refractivity contribution in [1.29, 1.82) is 0 Å². The van der Waals surface area contributed by atoms with Crippen LogP contribution in [-0.2, 0) is 16.7 Å². The normalized spacial score (nSPS) is 12.1. The Hall–Kier alpha value is -7.49. The fourth-order valence-electron chi connectivity index (χ4n) is 5.98. The number of phenols is 2. The van der Waals surface area contributed by atoms with Gasteiger partial charge in [-0.3, -0.25) is 4.55 Å². The van der Waals surface area contributed by atoms with Gasteiger partial charge in [-0.1, -0.05) is 48.5 Å². The molecule has 4 N–H and O–H groups in total. The average Bonchev–Trinajstić information content (AvgIpc) is 3.22. The topological polar surface area (TPSA) is 206 Å². The van der Waals surface area contributed by atoms with Gasteiger partial charge in [0.15, 0.2) is 5.75 Å². The van der Waals surface area contributed by atoms with Gasteiger partial charge in [-0.25, -0.2) is 0 Å². The van der Waals surface area contributed by atoms with E-state index < -0.39 is 10.1 Å². The third kappa shape index (κ3) is 9.73. The van der Waals surface area contributed by atoms with Gasteiger partial charge in [-0.2, -0.15) is 34.0 Å². The Morgan fingerprint density at radius 3 is 1.75 bits per heavy atom. The highest BCUT2D eigenvalue weighted by Gasteiger charge is 2.15. The molecule has 15 heteroatoms. The lowest BCUT2D eigenvalue weighted by Crippen LogP contribution is -1.98. The third-order valence-electron chi connectivity index (χ3n) is 9.18. The number of benzene rings is 7. The highest BCUT2D eigenvalue weighted by Crippen LogP contribution is 2.40. The number of nitrogens with one attached hydrogen (secondary N) is 1. The molecule has 7 aromatic carbocycles. The van der Waals surface area contributed by atoms with E-state index in [-0.39, 0.29) is 33.5 Å². The Morgan fingerprint density at radius 2 is 1.07 bits per heavy atom. The van der Waals surface area contributed by atoms with Crippen molar-refractivity contribution < 1.29 is 23.2 Å². The van der Waals surface area contributed by atoms with Gasteiger partial charge >= 0.3 is 0 Å². The number of azo groups is 4. The predicted molar refractivity (Wildman–Crippen MR) is 228 cm³/mol. The molecule has 0 bridgehead atoms. The number of fused-ring (bicyclic) bond motifs is 1. The molecule has 0 unspecified atom stereocenters. The summed E-state index contributed by atoms with van der Waals surface area (Å²) in [5.74, 6) is -0.163. The number of nitrogens with zero attached hydrogens (tertiary/aromatic N) is 8. The predicted octanol–water partition coefficient (Wildman–Crippen LogP) is 13.7. The molecule has 0 amide bonds. The monoisotopic (exact) mass is 803 g/mol. The van der Waals surface area contributed by atoms with Crippen molar-refractivity contribution in [3.8, 4) is 11.5 Å². The van der Waals surface area contributed by atoms with E-state index in [1.54, 1.807) is 48.5 Å². The molecule has 0 radical (unpaired) electrons. The van der Waals surface area contributed by atoms with Crippen LogP contribution in [0.1, 0.15) is 22.3 Å². The summed E-state index contributed by atoms with van der Waals surface area (Å²) in [4.78, 5) is -0.332. The van der Waals surface area contributed by atoms with Crippen LogP contribution >= 0.6 is 0 Å². The largest absolute Gasteiger partial charge is 0.506 e. The van der Waals surface area contributed by atoms with Crippen molar-refractivity contribution in [2.45, 2.75) is 32.2 Å². The summed E-state index contributed by atoms with van der Waals surface area (Å²) < 4.78 is 32.8. The minimum Gasteiger partial charge on any atom is -0.506 e. The SMILES string of the molecule is Cc1cc(N=Nc2cc(O)c(N=Nc3ccc4cc(NCc5ccccc5)ccc4c3O)cc2C)ccc1N=Nc1ccc(N=Nc2ccccc2S(=O)(=O)O)c(C)c1. The lowest BCUT2D eigenvalue weighted by atomic mass is 10.1. The highest BCUT2D eigenvalue weighted by atomic mass is 32.2. The van der Waals surface area contributed by atoms with Crippen molar-refractivity contribution in [1.82, 2.24) is 0 Å². The van der Waals surface area contributed by atoms with Crippen LogP contribution in [0.4, 0.5) is 51.2 Å². The van der Waals surface area contributed by atoms with Gasteiger partial charge in [0.1, 0.15) is 27.7 Å². The summed E-state index contributed by atoms with van der Waals surface area (Å²) in [6.45, 7) is 6.18. The Bertz CT molecular complexity index is 2930. The van der Waals surface area contributed by atoms with E-state index in [1.807, 2.05) is 69.3 Å². The van der Waals surface area contributed by atoms with Gasteiger partial charge in [0.25, 0.3) is 10.1 Å². The van der Waals surface area contributed by atoms with Crippen LogP contribution in [0, 0.1) is 20.8 Å². The Balaban J connectivity index is 0.989. The Kier molecular flexibility index (Phi) is 11.7. The lowest BCUT2D eigenvalue weighted by Gasteiger charge is -2.09. The maximum Gasteiger partial charge on any atom is 0.296 e. The fraction of sp³-hybridized carbons (Fsp3) is 0.0909. The molecule has 0 spiro atoms. The van der Waals surface area contributed by atoms with Crippen LogP contribution in [-0.4, -0.2) is 23.2 Å². The Morgan fingerprint density at radius 1 is 0.508 bits per heavy atom. The van der Waals surface area contributed by atoms with Crippen LogP contribution in [0.25, 0.3) is 10.8 Å². The van der Waals surface area contributed by atoms with Crippen LogP contribution < -0.4 is 5.32 Å². The molecule has 14 nitrogen and oxygen atoms in total. The number of hydrogen-bond donors (Lipinski definition) is 4. The van der Waals surface area contributed by atoms with E-state index in [2.05, 4.69) is 58.4 Å². The maximum absolute atomic E-state index is 11.7. The first kappa shape index (κ1) is 39.7. The van der Waals surface area contributed by atoms with Crippen LogP contribution in [0.15, 0.2) is 179 Å². The minimum atomic E-state index is -4.45. The van der Waals surface area contributed by atoms with Crippen molar-refractivity contribution in [2.24, 2.45) is 40.9 Å². The molecule has 0 saturated heterocycles. The zero-order valence-corrected chi connectivity index (χ0v) is 32.9. The Labute approximate surface area is 339 Å². The second-order valence-corrected chi connectivity index (χ2v) is 14.9. The van der Waals surface area contributed by atoms with Gasteiger partial charge in [0, 0.05) is 23.7 Å². The van der Waals surface area contributed by atoms with E-state index in [1.165, 1.54) is 24.3 Å². The van der Waals surface area contributed by atoms with Gasteiger partial charge in [0.05, 0.1) is 28.4 Å². The third-order valence-corrected chi connectivity index (χ3v) is 10.1. The van der Waals surface area contributed by atoms with E-state index in [9.17, 15) is 23.2 Å². The smallest absolute Gasteiger partial charge is 0.296 e. The van der Waals surface area contributed by atoms with Crippen molar-refractivity contribution in [3.05, 3.63) is 156 Å². The highest BCUT2D eigenvalue weighted by molar-refractivity contribution is 7.86. The summed E-state index contributed by atoms with van der Waals surface area (Å²) in [7, 11) is -4.45. The fourth-order valence-corrected chi connectivity index (χ4v) is 6.60. The van der Waals surface area contributed by atoms with Gasteiger partial charge < -0.3 is 15.5 Å². The summed E-state index contributed by atoms with van der Waals surface area (Å²) in [6.07, 6.45) is 0. The van der Waals surface area contributed by atoms with E-state index in [4.69, 9.17) is 0 Å². The summed E-state index contributed by atoms with van der Waals surface area (Å²) >= 11 is 0. The van der Waals surface area contributed by atoms with E-state index >= 15 is 0 Å². The second-order valence-electron chi connectivity index (χ2n) is 13.5. The van der Waals surface area contributed by atoms with E-state index in [0.717, 1.165) is 27.8 Å². The van der Waals surface area contributed by atoms with Crippen LogP contribution in [0.5, 0.6) is 11.5 Å². The van der Waals surface area contributed by atoms with Crippen molar-refractivity contribution in [2.75, 3.05) is 5.32 Å². The minimum absolute atomic E-state index is 0.0138. The molecule has 0 aliphatic rings. The zero-order chi connectivity index (χ0) is 41.5. The average molecular weight is 804 g/mol. The first-order valence-corrected chi connectivity index (χ1v) is 19.7. The van der Waals surface area contributed by atoms with Crippen LogP contribution in [0.3, 0.4) is 0 Å². The number of phenolic OH excluding ortho intramolecular Hbond substituents is 2. The number of aromatic hydroxyl groups is 2. The molecule has 0 heterocycles. The van der Waals surface area contributed by atoms with Crippen molar-refractivity contribution in [3.63, 3.8) is 0 Å². The maximum atomic E-state index is 11.7. The summed E-state index contributed by atoms with van der Waals surface area (Å²) in [5, 5.41) is 60.7. The molecule has 0 aliphatic heterocycles. The molecule has 294 valence electrons. The molecule has 7 rings (SSSR count). The first-order valence-electron chi connectivity index (χ1n) is 18.2. The molecule has 0 atom stereocenters. The van der Waals surface area contributed by atoms with Gasteiger partial charge in [-0.05, 0) is 127 Å². The molecular weight excluding hydrogens is 767 g/mol. The number of hydrogen-bond acceptors (Lipinski definition) is 13. The number of anilines is 1. The van der Waals surface area contributed by atoms with Gasteiger partial charge in [-0.15, -0.1) is 15.3 Å². The number of rotatable bonds is 12. The molecule has 0 aliphatic carbocycles. The molecule has 59 heavy (non-hydrogen) atoms. The quantitative estimate of drug-likeness (QED) is 0.0697.